The van der Waals surface area contributed by atoms with E-state index >= 15 is 0 Å². The first-order chi connectivity index (χ1) is 9.54. The van der Waals surface area contributed by atoms with E-state index in [9.17, 15) is 4.79 Å². The molecule has 0 saturated carbocycles. The third kappa shape index (κ3) is 1.62. The van der Waals surface area contributed by atoms with E-state index in [1.807, 2.05) is 42.3 Å². The quantitative estimate of drug-likeness (QED) is 0.812. The van der Waals surface area contributed by atoms with Gasteiger partial charge in [-0.15, -0.1) is 0 Å². The third-order valence-electron chi connectivity index (χ3n) is 3.50. The van der Waals surface area contributed by atoms with Gasteiger partial charge >= 0.3 is 0 Å². The average Bonchev–Trinajstić information content (AvgIpc) is 2.83. The van der Waals surface area contributed by atoms with Gasteiger partial charge in [0.05, 0.1) is 6.20 Å². The Morgan fingerprint density at radius 1 is 1.45 bits per heavy atom. The second-order valence-corrected chi connectivity index (χ2v) is 5.12. The van der Waals surface area contributed by atoms with Crippen LogP contribution >= 0.6 is 0 Å². The van der Waals surface area contributed by atoms with Gasteiger partial charge in [-0.05, 0) is 0 Å². The van der Waals surface area contributed by atoms with Crippen molar-refractivity contribution in [2.24, 2.45) is 4.99 Å². The van der Waals surface area contributed by atoms with Crippen molar-refractivity contribution in [3.63, 3.8) is 0 Å². The molecule has 2 aromatic heterocycles. The number of H-pyrrole nitrogens is 1. The number of anilines is 1. The van der Waals surface area contributed by atoms with Gasteiger partial charge in [-0.2, -0.15) is 0 Å². The SMILES string of the molecule is CCc1ncc2c(=O)[nH]c3c(n12)N(C)CN=C3N(C)C. The number of aryl methyl sites for hydroxylation is 1. The molecule has 1 aliphatic heterocycles. The van der Waals surface area contributed by atoms with E-state index in [1.165, 1.54) is 0 Å². The number of imidazole rings is 1. The third-order valence-corrected chi connectivity index (χ3v) is 3.50. The summed E-state index contributed by atoms with van der Waals surface area (Å²) in [6.07, 6.45) is 2.40. The largest absolute Gasteiger partial charge is 0.361 e. The van der Waals surface area contributed by atoms with Crippen LogP contribution in [0.3, 0.4) is 0 Å². The zero-order valence-corrected chi connectivity index (χ0v) is 12.1. The lowest BCUT2D eigenvalue weighted by Gasteiger charge is -2.29. The normalized spacial score (nSPS) is 14.4. The van der Waals surface area contributed by atoms with E-state index in [0.717, 1.165) is 29.6 Å². The Kier molecular flexibility index (Phi) is 2.77. The molecule has 0 bridgehead atoms. The lowest BCUT2D eigenvalue weighted by molar-refractivity contribution is 0.609. The van der Waals surface area contributed by atoms with Gasteiger partial charge in [0.2, 0.25) is 0 Å². The second-order valence-electron chi connectivity index (χ2n) is 5.12. The van der Waals surface area contributed by atoms with Crippen LogP contribution in [-0.2, 0) is 6.42 Å². The van der Waals surface area contributed by atoms with Crippen molar-refractivity contribution in [2.45, 2.75) is 13.3 Å². The minimum atomic E-state index is -0.138. The van der Waals surface area contributed by atoms with Gasteiger partial charge in [0.15, 0.2) is 5.84 Å². The van der Waals surface area contributed by atoms with Crippen LogP contribution in [0, 0.1) is 0 Å². The number of rotatable bonds is 1. The highest BCUT2D eigenvalue weighted by Gasteiger charge is 2.25. The Morgan fingerprint density at radius 3 is 2.85 bits per heavy atom. The molecule has 0 amide bonds. The van der Waals surface area contributed by atoms with E-state index in [2.05, 4.69) is 15.0 Å². The van der Waals surface area contributed by atoms with Crippen LogP contribution in [0.15, 0.2) is 16.0 Å². The van der Waals surface area contributed by atoms with Crippen LogP contribution in [0.4, 0.5) is 5.82 Å². The van der Waals surface area contributed by atoms with Crippen molar-refractivity contribution in [1.82, 2.24) is 19.3 Å². The molecule has 0 fully saturated rings. The molecule has 0 aliphatic carbocycles. The van der Waals surface area contributed by atoms with Crippen molar-refractivity contribution < 1.29 is 0 Å². The van der Waals surface area contributed by atoms with Crippen LogP contribution in [-0.4, -0.2) is 52.9 Å². The lowest BCUT2D eigenvalue weighted by atomic mass is 10.2. The second kappa shape index (κ2) is 4.36. The summed E-state index contributed by atoms with van der Waals surface area (Å²) in [4.78, 5) is 28.0. The standard InChI is InChI=1S/C13H18N6O/c1-5-9-14-6-8-12(20)16-10-11(17(2)3)15-7-18(4)13(10)19(8)9/h6H,5,7H2,1-4H3,(H,16,20). The predicted octanol–water partition coefficient (Wildman–Crippen LogP) is 0.300. The summed E-state index contributed by atoms with van der Waals surface area (Å²) in [6.45, 7) is 2.59. The van der Waals surface area contributed by atoms with Gasteiger partial charge in [0, 0.05) is 27.6 Å². The van der Waals surface area contributed by atoms with E-state index in [1.54, 1.807) is 6.20 Å². The van der Waals surface area contributed by atoms with Crippen molar-refractivity contribution in [3.05, 3.63) is 28.1 Å². The molecule has 3 rings (SSSR count). The Hall–Kier alpha value is -2.31. The lowest BCUT2D eigenvalue weighted by Crippen LogP contribution is -2.37. The molecule has 0 saturated heterocycles. The summed E-state index contributed by atoms with van der Waals surface area (Å²) in [5, 5.41) is 0. The number of nitrogens with zero attached hydrogens (tertiary/aromatic N) is 5. The van der Waals surface area contributed by atoms with E-state index in [0.29, 0.717) is 12.2 Å². The molecule has 2 aromatic rings. The van der Waals surface area contributed by atoms with Crippen molar-refractivity contribution in [2.75, 3.05) is 32.7 Å². The highest BCUT2D eigenvalue weighted by atomic mass is 16.1. The molecular weight excluding hydrogens is 256 g/mol. The van der Waals surface area contributed by atoms with Gasteiger partial charge in [-0.1, -0.05) is 6.92 Å². The molecule has 1 aliphatic rings. The summed E-state index contributed by atoms with van der Waals surface area (Å²) < 4.78 is 1.94. The van der Waals surface area contributed by atoms with E-state index in [-0.39, 0.29) is 5.56 Å². The summed E-state index contributed by atoms with van der Waals surface area (Å²) >= 11 is 0. The van der Waals surface area contributed by atoms with Crippen molar-refractivity contribution >= 4 is 17.2 Å². The van der Waals surface area contributed by atoms with Crippen LogP contribution in [0.25, 0.3) is 5.52 Å². The maximum absolute atomic E-state index is 12.2. The predicted molar refractivity (Wildman–Crippen MR) is 78.7 cm³/mol. The number of aromatic nitrogens is 3. The first kappa shape index (κ1) is 12.7. The van der Waals surface area contributed by atoms with Gasteiger partial charge in [-0.3, -0.25) is 9.20 Å². The van der Waals surface area contributed by atoms with E-state index < -0.39 is 0 Å². The highest BCUT2D eigenvalue weighted by molar-refractivity contribution is 6.02. The number of hydrogen-bond acceptors (Lipinski definition) is 5. The van der Waals surface area contributed by atoms with Gasteiger partial charge in [0.25, 0.3) is 5.56 Å². The first-order valence-electron chi connectivity index (χ1n) is 6.60. The molecule has 7 heteroatoms. The van der Waals surface area contributed by atoms with Crippen LogP contribution in [0.5, 0.6) is 0 Å². The van der Waals surface area contributed by atoms with Gasteiger partial charge in [0.1, 0.15) is 29.5 Å². The molecule has 7 nitrogen and oxygen atoms in total. The van der Waals surface area contributed by atoms with Crippen molar-refractivity contribution in [3.8, 4) is 0 Å². The molecule has 0 spiro atoms. The monoisotopic (exact) mass is 274 g/mol. The van der Waals surface area contributed by atoms with E-state index in [4.69, 9.17) is 0 Å². The zero-order chi connectivity index (χ0) is 14.4. The highest BCUT2D eigenvalue weighted by Crippen LogP contribution is 2.24. The van der Waals surface area contributed by atoms with Crippen LogP contribution < -0.4 is 10.5 Å². The minimum Gasteiger partial charge on any atom is -0.361 e. The minimum absolute atomic E-state index is 0.138. The molecule has 3 heterocycles. The summed E-state index contributed by atoms with van der Waals surface area (Å²) in [5.74, 6) is 2.61. The summed E-state index contributed by atoms with van der Waals surface area (Å²) in [5.41, 5.74) is 1.18. The molecule has 0 radical (unpaired) electrons. The fraction of sp³-hybridized carbons (Fsp3) is 0.462. The molecule has 0 aromatic carbocycles. The Labute approximate surface area is 116 Å². The smallest absolute Gasteiger partial charge is 0.274 e. The number of hydrogen-bond donors (Lipinski definition) is 1. The fourth-order valence-corrected chi connectivity index (χ4v) is 2.58. The fourth-order valence-electron chi connectivity index (χ4n) is 2.58. The Balaban J connectivity index is 2.43. The Bertz CT molecular complexity index is 754. The topological polar surface area (TPSA) is 69.0 Å². The number of aliphatic imine (C=N–C) groups is 1. The molecular formula is C13H18N6O. The summed E-state index contributed by atoms with van der Waals surface area (Å²) in [6, 6.07) is 0. The van der Waals surface area contributed by atoms with Crippen molar-refractivity contribution in [1.29, 1.82) is 0 Å². The maximum Gasteiger partial charge on any atom is 0.274 e. The first-order valence-corrected chi connectivity index (χ1v) is 6.60. The number of aromatic amines is 1. The number of nitrogens with one attached hydrogen (secondary N) is 1. The zero-order valence-electron chi connectivity index (χ0n) is 12.1. The maximum atomic E-state index is 12.2. The molecule has 0 atom stereocenters. The molecule has 106 valence electrons. The molecule has 1 N–H and O–H groups in total. The summed E-state index contributed by atoms with van der Waals surface area (Å²) in [7, 11) is 5.81. The van der Waals surface area contributed by atoms with Crippen LogP contribution in [0.2, 0.25) is 0 Å². The Morgan fingerprint density at radius 2 is 2.20 bits per heavy atom. The van der Waals surface area contributed by atoms with Gasteiger partial charge in [-0.25, -0.2) is 9.98 Å². The number of amidine groups is 1. The van der Waals surface area contributed by atoms with Gasteiger partial charge < -0.3 is 14.8 Å². The molecule has 0 unspecified atom stereocenters. The average molecular weight is 274 g/mol. The number of fused-ring (bicyclic) bond motifs is 3. The molecule has 20 heavy (non-hydrogen) atoms. The van der Waals surface area contributed by atoms with Crippen LogP contribution in [0.1, 0.15) is 18.4 Å².